The highest BCUT2D eigenvalue weighted by Crippen LogP contribution is 2.28. The molecule has 3 rings (SSSR count). The van der Waals surface area contributed by atoms with Crippen molar-refractivity contribution in [3.05, 3.63) is 29.8 Å². The summed E-state index contributed by atoms with van der Waals surface area (Å²) in [4.78, 5) is 13.3. The van der Waals surface area contributed by atoms with Gasteiger partial charge in [-0.3, -0.25) is 4.90 Å². The van der Waals surface area contributed by atoms with Gasteiger partial charge in [0.15, 0.2) is 0 Å². The van der Waals surface area contributed by atoms with Gasteiger partial charge in [0.05, 0.1) is 10.5 Å². The minimum Gasteiger partial charge on any atom is -0.478 e. The number of benzene rings is 1. The van der Waals surface area contributed by atoms with E-state index in [0.29, 0.717) is 19.1 Å². The van der Waals surface area contributed by atoms with Gasteiger partial charge in [0, 0.05) is 32.2 Å². The van der Waals surface area contributed by atoms with Crippen LogP contribution in [-0.4, -0.2) is 60.9 Å². The second-order valence-electron chi connectivity index (χ2n) is 5.50. The molecule has 1 aliphatic heterocycles. The van der Waals surface area contributed by atoms with Crippen molar-refractivity contribution in [2.75, 3.05) is 26.2 Å². The van der Waals surface area contributed by atoms with E-state index in [1.54, 1.807) is 0 Å². The Morgan fingerprint density at radius 1 is 1.05 bits per heavy atom. The highest BCUT2D eigenvalue weighted by molar-refractivity contribution is 7.89. The normalized spacial score (nSPS) is 21.3. The summed E-state index contributed by atoms with van der Waals surface area (Å²) in [7, 11) is -3.52. The number of carbonyl (C=O) groups is 1. The minimum absolute atomic E-state index is 0.0903. The quantitative estimate of drug-likeness (QED) is 0.892. The number of hydrogen-bond acceptors (Lipinski definition) is 4. The Balaban J connectivity index is 1.72. The van der Waals surface area contributed by atoms with Gasteiger partial charge in [-0.25, -0.2) is 13.2 Å². The van der Waals surface area contributed by atoms with Crippen molar-refractivity contribution in [1.29, 1.82) is 0 Å². The van der Waals surface area contributed by atoms with Gasteiger partial charge < -0.3 is 5.11 Å². The van der Waals surface area contributed by atoms with Gasteiger partial charge in [0.25, 0.3) is 0 Å². The Bertz CT molecular complexity index is 629. The second kappa shape index (κ2) is 5.40. The predicted molar refractivity (Wildman–Crippen MR) is 76.8 cm³/mol. The first kappa shape index (κ1) is 14.5. The van der Waals surface area contributed by atoms with Crippen LogP contribution in [0.15, 0.2) is 29.2 Å². The van der Waals surface area contributed by atoms with Crippen LogP contribution in [-0.2, 0) is 10.0 Å². The molecule has 2 aliphatic rings. The van der Waals surface area contributed by atoms with Gasteiger partial charge >= 0.3 is 5.97 Å². The third-order valence-electron chi connectivity index (χ3n) is 4.08. The van der Waals surface area contributed by atoms with E-state index < -0.39 is 16.0 Å². The maximum Gasteiger partial charge on any atom is 0.335 e. The van der Waals surface area contributed by atoms with Crippen LogP contribution < -0.4 is 0 Å². The summed E-state index contributed by atoms with van der Waals surface area (Å²) in [6.45, 7) is 2.55. The fourth-order valence-electron chi connectivity index (χ4n) is 2.67. The Labute approximate surface area is 124 Å². The molecule has 21 heavy (non-hydrogen) atoms. The molecule has 0 unspecified atom stereocenters. The van der Waals surface area contributed by atoms with Crippen molar-refractivity contribution in [1.82, 2.24) is 9.21 Å². The lowest BCUT2D eigenvalue weighted by Crippen LogP contribution is -2.49. The van der Waals surface area contributed by atoms with E-state index in [1.165, 1.54) is 41.4 Å². The van der Waals surface area contributed by atoms with Gasteiger partial charge in [0.2, 0.25) is 10.0 Å². The fraction of sp³-hybridized carbons (Fsp3) is 0.500. The topological polar surface area (TPSA) is 77.9 Å². The monoisotopic (exact) mass is 310 g/mol. The lowest BCUT2D eigenvalue weighted by Gasteiger charge is -2.34. The number of hydrogen-bond donors (Lipinski definition) is 1. The van der Waals surface area contributed by atoms with Gasteiger partial charge in [-0.15, -0.1) is 0 Å². The average molecular weight is 310 g/mol. The Morgan fingerprint density at radius 3 is 2.10 bits per heavy atom. The van der Waals surface area contributed by atoms with Crippen molar-refractivity contribution < 1.29 is 18.3 Å². The van der Waals surface area contributed by atoms with Crippen molar-refractivity contribution in [3.63, 3.8) is 0 Å². The first-order valence-electron chi connectivity index (χ1n) is 7.06. The average Bonchev–Trinajstić information content (AvgIpc) is 3.32. The summed E-state index contributed by atoms with van der Waals surface area (Å²) in [5.41, 5.74) is 0.0903. The molecule has 114 valence electrons. The summed E-state index contributed by atoms with van der Waals surface area (Å²) in [5.74, 6) is -1.06. The molecule has 1 N–H and O–H groups in total. The molecule has 0 aromatic heterocycles. The molecule has 1 heterocycles. The molecule has 1 aliphatic carbocycles. The minimum atomic E-state index is -3.52. The zero-order valence-electron chi connectivity index (χ0n) is 11.6. The summed E-state index contributed by atoms with van der Waals surface area (Å²) in [6, 6.07) is 6.05. The molecule has 1 saturated carbocycles. The SMILES string of the molecule is O=C(O)c1ccc(S(=O)(=O)N2CCN(C3CC3)CC2)cc1. The Kier molecular flexibility index (Phi) is 3.73. The van der Waals surface area contributed by atoms with Crippen LogP contribution in [0.25, 0.3) is 0 Å². The van der Waals surface area contributed by atoms with Crippen molar-refractivity contribution in [2.24, 2.45) is 0 Å². The number of aromatic carboxylic acids is 1. The number of nitrogens with zero attached hydrogens (tertiary/aromatic N) is 2. The van der Waals surface area contributed by atoms with E-state index in [2.05, 4.69) is 4.90 Å². The fourth-order valence-corrected chi connectivity index (χ4v) is 4.09. The third kappa shape index (κ3) is 2.95. The summed E-state index contributed by atoms with van der Waals surface area (Å²) >= 11 is 0. The number of piperazine rings is 1. The van der Waals surface area contributed by atoms with E-state index in [4.69, 9.17) is 5.11 Å². The molecule has 6 nitrogen and oxygen atoms in total. The zero-order chi connectivity index (χ0) is 15.0. The van der Waals surface area contributed by atoms with Gasteiger partial charge in [0.1, 0.15) is 0 Å². The number of carboxylic acids is 1. The van der Waals surface area contributed by atoms with E-state index >= 15 is 0 Å². The molecular formula is C14H18N2O4S. The van der Waals surface area contributed by atoms with Gasteiger partial charge in [-0.1, -0.05) is 0 Å². The van der Waals surface area contributed by atoms with Crippen LogP contribution in [0.5, 0.6) is 0 Å². The van der Waals surface area contributed by atoms with Crippen LogP contribution in [0.1, 0.15) is 23.2 Å². The summed E-state index contributed by atoms with van der Waals surface area (Å²) < 4.78 is 26.5. The first-order valence-corrected chi connectivity index (χ1v) is 8.50. The van der Waals surface area contributed by atoms with Crippen molar-refractivity contribution in [2.45, 2.75) is 23.8 Å². The third-order valence-corrected chi connectivity index (χ3v) is 5.99. The van der Waals surface area contributed by atoms with E-state index in [-0.39, 0.29) is 10.5 Å². The van der Waals surface area contributed by atoms with Crippen LogP contribution in [0.2, 0.25) is 0 Å². The lowest BCUT2D eigenvalue weighted by atomic mass is 10.2. The van der Waals surface area contributed by atoms with Crippen molar-refractivity contribution >= 4 is 16.0 Å². The number of rotatable bonds is 4. The van der Waals surface area contributed by atoms with Gasteiger partial charge in [-0.05, 0) is 37.1 Å². The molecule has 0 radical (unpaired) electrons. The molecule has 7 heteroatoms. The summed E-state index contributed by atoms with van der Waals surface area (Å²) in [6.07, 6.45) is 2.45. The molecule has 2 fully saturated rings. The largest absolute Gasteiger partial charge is 0.478 e. The second-order valence-corrected chi connectivity index (χ2v) is 7.44. The molecule has 0 atom stereocenters. The van der Waals surface area contributed by atoms with Crippen molar-refractivity contribution in [3.8, 4) is 0 Å². The maximum atomic E-state index is 12.5. The van der Waals surface area contributed by atoms with Crippen LogP contribution in [0.4, 0.5) is 0 Å². The molecule has 0 spiro atoms. The van der Waals surface area contributed by atoms with E-state index in [9.17, 15) is 13.2 Å². The van der Waals surface area contributed by atoms with Crippen LogP contribution >= 0.6 is 0 Å². The number of carboxylic acid groups (broad SMARTS) is 1. The predicted octanol–water partition coefficient (Wildman–Crippen LogP) is 0.853. The van der Waals surface area contributed by atoms with Gasteiger partial charge in [-0.2, -0.15) is 4.31 Å². The Morgan fingerprint density at radius 2 is 1.62 bits per heavy atom. The Hall–Kier alpha value is -1.44. The summed E-state index contributed by atoms with van der Waals surface area (Å²) in [5, 5.41) is 8.85. The molecule has 0 amide bonds. The highest BCUT2D eigenvalue weighted by atomic mass is 32.2. The number of sulfonamides is 1. The van der Waals surface area contributed by atoms with E-state index in [1.807, 2.05) is 0 Å². The smallest absolute Gasteiger partial charge is 0.335 e. The molecule has 1 saturated heterocycles. The lowest BCUT2D eigenvalue weighted by molar-refractivity contribution is 0.0696. The van der Waals surface area contributed by atoms with E-state index in [0.717, 1.165) is 13.1 Å². The molecule has 1 aromatic carbocycles. The van der Waals surface area contributed by atoms with Crippen LogP contribution in [0, 0.1) is 0 Å². The first-order chi connectivity index (χ1) is 9.98. The highest BCUT2D eigenvalue weighted by Gasteiger charge is 2.34. The molecule has 1 aromatic rings. The molecule has 0 bridgehead atoms. The standard InChI is InChI=1S/C14H18N2O4S/c17-14(18)11-1-5-13(6-2-11)21(19,20)16-9-7-15(8-10-16)12-3-4-12/h1-2,5-6,12H,3-4,7-10H2,(H,17,18). The van der Waals surface area contributed by atoms with Crippen LogP contribution in [0.3, 0.4) is 0 Å². The molecular weight excluding hydrogens is 292 g/mol. The maximum absolute atomic E-state index is 12.5. The zero-order valence-corrected chi connectivity index (χ0v) is 12.4.